The van der Waals surface area contributed by atoms with E-state index in [1.54, 1.807) is 32.0 Å². The Hall–Kier alpha value is -2.91. The highest BCUT2D eigenvalue weighted by atomic mass is 32.1. The molecule has 1 aromatic heterocycles. The molecule has 1 N–H and O–H groups in total. The van der Waals surface area contributed by atoms with Gasteiger partial charge in [-0.3, -0.25) is 9.59 Å². The van der Waals surface area contributed by atoms with Crippen molar-refractivity contribution < 1.29 is 28.9 Å². The number of ether oxygens (including phenoxy) is 3. The summed E-state index contributed by atoms with van der Waals surface area (Å²) in [5, 5.41) is 11.4. The molecule has 0 radical (unpaired) electrons. The van der Waals surface area contributed by atoms with E-state index in [2.05, 4.69) is 4.98 Å². The average molecular weight is 432 g/mol. The van der Waals surface area contributed by atoms with Gasteiger partial charge in [0.25, 0.3) is 5.91 Å². The summed E-state index contributed by atoms with van der Waals surface area (Å²) in [6.45, 7) is 4.00. The smallest absolute Gasteiger partial charge is 0.290 e. The first-order valence-corrected chi connectivity index (χ1v) is 10.1. The molecule has 9 heteroatoms. The van der Waals surface area contributed by atoms with Crippen LogP contribution in [-0.4, -0.2) is 61.2 Å². The molecular formula is C21H24N2O6S. The molecule has 0 saturated carbocycles. The molecule has 1 aliphatic heterocycles. The lowest BCUT2D eigenvalue weighted by Crippen LogP contribution is -2.34. The maximum absolute atomic E-state index is 13.4. The Morgan fingerprint density at radius 2 is 1.90 bits per heavy atom. The van der Waals surface area contributed by atoms with Crippen LogP contribution in [-0.2, 0) is 9.53 Å². The minimum absolute atomic E-state index is 0.0232. The summed E-state index contributed by atoms with van der Waals surface area (Å²) in [5.74, 6) is -0.611. The zero-order chi connectivity index (χ0) is 22.0. The standard InChI is InChI=1S/C21H24N2O6S/c1-11-20(30-12(2)22-11)18(24)16-17(23(8-9-27-3)21(26)19(16)25)13-6-7-14(28-4)15(10-13)29-5/h6-7,10,17,25H,8-9H2,1-5H3. The summed E-state index contributed by atoms with van der Waals surface area (Å²) >= 11 is 1.24. The van der Waals surface area contributed by atoms with Crippen LogP contribution in [0.3, 0.4) is 0 Å². The fourth-order valence-electron chi connectivity index (χ4n) is 3.54. The molecule has 1 unspecified atom stereocenters. The number of carbonyl (C=O) groups is 2. The number of aliphatic hydroxyl groups is 1. The first-order valence-electron chi connectivity index (χ1n) is 9.27. The molecule has 2 heterocycles. The van der Waals surface area contributed by atoms with Crippen molar-refractivity contribution in [3.8, 4) is 11.5 Å². The number of aliphatic hydroxyl groups excluding tert-OH is 1. The molecule has 1 atom stereocenters. The molecule has 8 nitrogen and oxygen atoms in total. The summed E-state index contributed by atoms with van der Waals surface area (Å²) in [5.41, 5.74) is 1.20. The van der Waals surface area contributed by atoms with E-state index in [0.717, 1.165) is 5.01 Å². The summed E-state index contributed by atoms with van der Waals surface area (Å²) < 4.78 is 15.8. The van der Waals surface area contributed by atoms with E-state index in [0.29, 0.717) is 27.6 Å². The third kappa shape index (κ3) is 3.78. The average Bonchev–Trinajstić information content (AvgIpc) is 3.21. The van der Waals surface area contributed by atoms with Gasteiger partial charge in [-0.05, 0) is 31.5 Å². The Kier molecular flexibility index (Phi) is 6.42. The van der Waals surface area contributed by atoms with Crippen LogP contribution in [0.5, 0.6) is 11.5 Å². The van der Waals surface area contributed by atoms with Crippen molar-refractivity contribution in [1.82, 2.24) is 9.88 Å². The molecule has 30 heavy (non-hydrogen) atoms. The molecule has 1 aromatic carbocycles. The maximum Gasteiger partial charge on any atom is 0.290 e. The molecule has 0 saturated heterocycles. The third-order valence-electron chi connectivity index (χ3n) is 4.92. The van der Waals surface area contributed by atoms with Crippen molar-refractivity contribution in [1.29, 1.82) is 0 Å². The van der Waals surface area contributed by atoms with E-state index in [1.165, 1.54) is 37.6 Å². The Balaban J connectivity index is 2.14. The van der Waals surface area contributed by atoms with Crippen LogP contribution in [0.15, 0.2) is 29.5 Å². The van der Waals surface area contributed by atoms with E-state index < -0.39 is 23.5 Å². The van der Waals surface area contributed by atoms with Crippen LogP contribution in [0, 0.1) is 13.8 Å². The number of nitrogens with zero attached hydrogens (tertiary/aromatic N) is 2. The first kappa shape index (κ1) is 21.8. The molecule has 3 rings (SSSR count). The minimum Gasteiger partial charge on any atom is -0.503 e. The van der Waals surface area contributed by atoms with Crippen molar-refractivity contribution in [2.24, 2.45) is 0 Å². The highest BCUT2D eigenvalue weighted by Crippen LogP contribution is 2.42. The normalized spacial score (nSPS) is 16.4. The maximum atomic E-state index is 13.4. The zero-order valence-corrected chi connectivity index (χ0v) is 18.3. The van der Waals surface area contributed by atoms with Crippen LogP contribution >= 0.6 is 11.3 Å². The lowest BCUT2D eigenvalue weighted by atomic mass is 9.94. The van der Waals surface area contributed by atoms with Gasteiger partial charge in [-0.1, -0.05) is 6.07 Å². The van der Waals surface area contributed by atoms with Crippen molar-refractivity contribution >= 4 is 23.0 Å². The molecule has 1 aliphatic rings. The summed E-state index contributed by atoms with van der Waals surface area (Å²) in [4.78, 5) is 32.4. The van der Waals surface area contributed by atoms with Crippen LogP contribution < -0.4 is 9.47 Å². The predicted octanol–water partition coefficient (Wildman–Crippen LogP) is 3.00. The second-order valence-corrected chi connectivity index (χ2v) is 7.95. The largest absolute Gasteiger partial charge is 0.503 e. The van der Waals surface area contributed by atoms with Gasteiger partial charge in [0.05, 0.1) is 48.0 Å². The number of methoxy groups -OCH3 is 3. The number of Topliss-reactive ketones (excluding diaryl/α,β-unsaturated/α-hetero) is 1. The quantitative estimate of drug-likeness (QED) is 0.640. The fourth-order valence-corrected chi connectivity index (χ4v) is 4.41. The lowest BCUT2D eigenvalue weighted by Gasteiger charge is -2.27. The van der Waals surface area contributed by atoms with Crippen molar-refractivity contribution in [3.63, 3.8) is 0 Å². The fraction of sp³-hybridized carbons (Fsp3) is 0.381. The van der Waals surface area contributed by atoms with Crippen molar-refractivity contribution in [2.75, 3.05) is 34.5 Å². The topological polar surface area (TPSA) is 98.2 Å². The van der Waals surface area contributed by atoms with Gasteiger partial charge < -0.3 is 24.2 Å². The second-order valence-electron chi connectivity index (χ2n) is 6.75. The van der Waals surface area contributed by atoms with Gasteiger partial charge in [0.1, 0.15) is 0 Å². The molecule has 2 aromatic rings. The zero-order valence-electron chi connectivity index (χ0n) is 17.5. The summed E-state index contributed by atoms with van der Waals surface area (Å²) in [6.07, 6.45) is 0. The number of thiazole rings is 1. The van der Waals surface area contributed by atoms with Gasteiger partial charge in [0, 0.05) is 13.7 Å². The summed E-state index contributed by atoms with van der Waals surface area (Å²) in [6, 6.07) is 4.36. The van der Waals surface area contributed by atoms with Gasteiger partial charge >= 0.3 is 0 Å². The van der Waals surface area contributed by atoms with E-state index in [4.69, 9.17) is 14.2 Å². The molecular weight excluding hydrogens is 408 g/mol. The van der Waals surface area contributed by atoms with Gasteiger partial charge in [-0.15, -0.1) is 11.3 Å². The summed E-state index contributed by atoms with van der Waals surface area (Å²) in [7, 11) is 4.55. The van der Waals surface area contributed by atoms with E-state index in [9.17, 15) is 14.7 Å². The predicted molar refractivity (Wildman–Crippen MR) is 111 cm³/mol. The van der Waals surface area contributed by atoms with Gasteiger partial charge in [0.15, 0.2) is 17.3 Å². The monoisotopic (exact) mass is 432 g/mol. The number of hydrogen-bond donors (Lipinski definition) is 1. The van der Waals surface area contributed by atoms with Crippen molar-refractivity contribution in [2.45, 2.75) is 19.9 Å². The van der Waals surface area contributed by atoms with Crippen LogP contribution in [0.2, 0.25) is 0 Å². The lowest BCUT2D eigenvalue weighted by molar-refractivity contribution is -0.130. The number of aromatic nitrogens is 1. The van der Waals surface area contributed by atoms with Crippen LogP contribution in [0.4, 0.5) is 0 Å². The van der Waals surface area contributed by atoms with Crippen LogP contribution in [0.1, 0.15) is 32.0 Å². The Morgan fingerprint density at radius 3 is 2.47 bits per heavy atom. The van der Waals surface area contributed by atoms with Crippen molar-refractivity contribution in [3.05, 3.63) is 50.7 Å². The third-order valence-corrected chi connectivity index (χ3v) is 5.99. The SMILES string of the molecule is COCCN1C(=O)C(O)=C(C(=O)c2sc(C)nc2C)C1c1ccc(OC)c(OC)c1. The molecule has 1 amide bonds. The number of amides is 1. The van der Waals surface area contributed by atoms with Gasteiger partial charge in [0.2, 0.25) is 5.78 Å². The van der Waals surface area contributed by atoms with Gasteiger partial charge in [-0.2, -0.15) is 0 Å². The molecule has 0 aliphatic carbocycles. The van der Waals surface area contributed by atoms with E-state index >= 15 is 0 Å². The van der Waals surface area contributed by atoms with E-state index in [-0.39, 0.29) is 18.7 Å². The molecule has 0 spiro atoms. The van der Waals surface area contributed by atoms with E-state index in [1.807, 2.05) is 0 Å². The number of hydrogen-bond acceptors (Lipinski definition) is 8. The second kappa shape index (κ2) is 8.85. The number of ketones is 1. The molecule has 0 fully saturated rings. The Labute approximate surface area is 178 Å². The first-order chi connectivity index (χ1) is 14.3. The number of carbonyl (C=O) groups excluding carboxylic acids is 2. The Morgan fingerprint density at radius 1 is 1.20 bits per heavy atom. The number of aryl methyl sites for hydroxylation is 2. The highest BCUT2D eigenvalue weighted by Gasteiger charge is 2.44. The number of benzene rings is 1. The Bertz CT molecular complexity index is 1010. The minimum atomic E-state index is -0.790. The van der Waals surface area contributed by atoms with Crippen LogP contribution in [0.25, 0.3) is 0 Å². The number of rotatable bonds is 8. The molecule has 160 valence electrons. The highest BCUT2D eigenvalue weighted by molar-refractivity contribution is 7.14. The molecule has 0 bridgehead atoms. The van der Waals surface area contributed by atoms with Gasteiger partial charge in [-0.25, -0.2) is 4.98 Å².